The summed E-state index contributed by atoms with van der Waals surface area (Å²) in [5.74, 6) is -0.957. The van der Waals surface area contributed by atoms with E-state index in [-0.39, 0.29) is 12.4 Å². The van der Waals surface area contributed by atoms with Crippen LogP contribution in [0.15, 0.2) is 24.3 Å². The minimum atomic E-state index is -0.779. The van der Waals surface area contributed by atoms with Gasteiger partial charge in [0.05, 0.1) is 0 Å². The highest BCUT2D eigenvalue weighted by Crippen LogP contribution is 2.32. The van der Waals surface area contributed by atoms with Gasteiger partial charge in [-0.3, -0.25) is 9.69 Å². The topological polar surface area (TPSA) is 49.8 Å². The molecule has 110 valence electrons. The van der Waals surface area contributed by atoms with E-state index >= 15 is 0 Å². The molecular formula is C15H20FNO3. The molecule has 5 heteroatoms. The first-order valence-corrected chi connectivity index (χ1v) is 6.96. The van der Waals surface area contributed by atoms with Crippen LogP contribution in [-0.4, -0.2) is 41.2 Å². The van der Waals surface area contributed by atoms with Crippen molar-refractivity contribution in [3.8, 4) is 5.75 Å². The molecule has 1 heterocycles. The third kappa shape index (κ3) is 2.77. The second kappa shape index (κ2) is 6.22. The lowest BCUT2D eigenvalue weighted by atomic mass is 9.93. The molecule has 1 saturated heterocycles. The van der Waals surface area contributed by atoms with E-state index in [1.165, 1.54) is 6.07 Å². The summed E-state index contributed by atoms with van der Waals surface area (Å²) in [4.78, 5) is 13.5. The van der Waals surface area contributed by atoms with Crippen LogP contribution in [-0.2, 0) is 4.79 Å². The van der Waals surface area contributed by atoms with E-state index in [0.29, 0.717) is 19.4 Å². The van der Waals surface area contributed by atoms with Gasteiger partial charge in [0.1, 0.15) is 12.1 Å². The standard InChI is InChI=1S/C15H20FNO3/c1-2-15(14(18)19)8-5-9-17(15)10-11-20-13-7-4-3-6-12(13)16/h3-4,6-7H,2,5,8-11H2,1H3,(H,18,19). The van der Waals surface area contributed by atoms with E-state index in [0.717, 1.165) is 13.0 Å². The molecule has 1 fully saturated rings. The molecule has 0 saturated carbocycles. The Bertz CT molecular complexity index is 480. The fourth-order valence-corrected chi connectivity index (χ4v) is 2.88. The summed E-state index contributed by atoms with van der Waals surface area (Å²) in [5, 5.41) is 9.45. The highest BCUT2D eigenvalue weighted by molar-refractivity contribution is 5.79. The predicted octanol–water partition coefficient (Wildman–Crippen LogP) is 2.53. The highest BCUT2D eigenvalue weighted by atomic mass is 19.1. The zero-order valence-corrected chi connectivity index (χ0v) is 11.6. The Labute approximate surface area is 118 Å². The van der Waals surface area contributed by atoms with Gasteiger partial charge in [-0.25, -0.2) is 4.39 Å². The lowest BCUT2D eigenvalue weighted by Gasteiger charge is -2.33. The van der Waals surface area contributed by atoms with Gasteiger partial charge >= 0.3 is 5.97 Å². The van der Waals surface area contributed by atoms with E-state index in [9.17, 15) is 14.3 Å². The van der Waals surface area contributed by atoms with Crippen LogP contribution in [0.3, 0.4) is 0 Å². The number of benzene rings is 1. The number of likely N-dealkylation sites (tertiary alicyclic amines) is 1. The van der Waals surface area contributed by atoms with Crippen LogP contribution in [0.2, 0.25) is 0 Å². The van der Waals surface area contributed by atoms with E-state index in [1.807, 2.05) is 11.8 Å². The van der Waals surface area contributed by atoms with Gasteiger partial charge in [-0.05, 0) is 37.9 Å². The molecule has 1 atom stereocenters. The molecule has 1 aliphatic rings. The van der Waals surface area contributed by atoms with E-state index in [1.54, 1.807) is 18.2 Å². The number of aliphatic carboxylic acids is 1. The molecule has 20 heavy (non-hydrogen) atoms. The second-order valence-corrected chi connectivity index (χ2v) is 5.06. The average Bonchev–Trinajstić information content (AvgIpc) is 2.85. The van der Waals surface area contributed by atoms with Crippen LogP contribution >= 0.6 is 0 Å². The van der Waals surface area contributed by atoms with E-state index < -0.39 is 17.3 Å². The number of hydrogen-bond acceptors (Lipinski definition) is 3. The van der Waals surface area contributed by atoms with Crippen molar-refractivity contribution in [1.29, 1.82) is 0 Å². The summed E-state index contributed by atoms with van der Waals surface area (Å²) in [6.07, 6.45) is 2.11. The summed E-state index contributed by atoms with van der Waals surface area (Å²) in [6, 6.07) is 6.24. The molecule has 1 aromatic rings. The monoisotopic (exact) mass is 281 g/mol. The van der Waals surface area contributed by atoms with Crippen LogP contribution in [0.5, 0.6) is 5.75 Å². The Hall–Kier alpha value is -1.62. The van der Waals surface area contributed by atoms with Crippen molar-refractivity contribution < 1.29 is 19.0 Å². The smallest absolute Gasteiger partial charge is 0.324 e. The van der Waals surface area contributed by atoms with E-state index in [2.05, 4.69) is 0 Å². The molecule has 4 nitrogen and oxygen atoms in total. The second-order valence-electron chi connectivity index (χ2n) is 5.06. The molecular weight excluding hydrogens is 261 g/mol. The quantitative estimate of drug-likeness (QED) is 0.870. The number of carboxylic acid groups (broad SMARTS) is 1. The Kier molecular flexibility index (Phi) is 4.60. The van der Waals surface area contributed by atoms with Crippen LogP contribution in [0.25, 0.3) is 0 Å². The maximum Gasteiger partial charge on any atom is 0.324 e. The normalized spacial score (nSPS) is 22.9. The van der Waals surface area contributed by atoms with Gasteiger partial charge in [0.25, 0.3) is 0 Å². The first-order valence-electron chi connectivity index (χ1n) is 6.96. The molecule has 1 aromatic carbocycles. The first kappa shape index (κ1) is 14.8. The number of carbonyl (C=O) groups is 1. The minimum absolute atomic E-state index is 0.212. The maximum absolute atomic E-state index is 13.4. The van der Waals surface area contributed by atoms with Crippen LogP contribution in [0.1, 0.15) is 26.2 Å². The molecule has 2 rings (SSSR count). The predicted molar refractivity (Wildman–Crippen MR) is 73.4 cm³/mol. The minimum Gasteiger partial charge on any atom is -0.489 e. The molecule has 1 unspecified atom stereocenters. The van der Waals surface area contributed by atoms with Gasteiger partial charge in [0, 0.05) is 6.54 Å². The van der Waals surface area contributed by atoms with Crippen molar-refractivity contribution in [3.05, 3.63) is 30.1 Å². The Morgan fingerprint density at radius 1 is 1.50 bits per heavy atom. The van der Waals surface area contributed by atoms with E-state index in [4.69, 9.17) is 4.74 Å². The van der Waals surface area contributed by atoms with Crippen LogP contribution in [0, 0.1) is 5.82 Å². The summed E-state index contributed by atoms with van der Waals surface area (Å²) in [7, 11) is 0. The van der Waals surface area contributed by atoms with Crippen molar-refractivity contribution in [1.82, 2.24) is 4.90 Å². The third-order valence-electron chi connectivity index (χ3n) is 4.06. The summed E-state index contributed by atoms with van der Waals surface area (Å²) in [6.45, 7) is 3.43. The van der Waals surface area contributed by atoms with Gasteiger partial charge in [0.2, 0.25) is 0 Å². The molecule has 1 aliphatic heterocycles. The van der Waals surface area contributed by atoms with Crippen molar-refractivity contribution in [2.24, 2.45) is 0 Å². The van der Waals surface area contributed by atoms with Crippen LogP contribution < -0.4 is 4.74 Å². The van der Waals surface area contributed by atoms with Crippen LogP contribution in [0.4, 0.5) is 4.39 Å². The van der Waals surface area contributed by atoms with Crippen molar-refractivity contribution in [3.63, 3.8) is 0 Å². The SMILES string of the molecule is CCC1(C(=O)O)CCCN1CCOc1ccccc1F. The van der Waals surface area contributed by atoms with Crippen molar-refractivity contribution in [2.75, 3.05) is 19.7 Å². The molecule has 0 spiro atoms. The molecule has 0 bridgehead atoms. The molecule has 0 amide bonds. The third-order valence-corrected chi connectivity index (χ3v) is 4.06. The van der Waals surface area contributed by atoms with Gasteiger partial charge in [-0.1, -0.05) is 19.1 Å². The Balaban J connectivity index is 1.94. The number of halogens is 1. The fraction of sp³-hybridized carbons (Fsp3) is 0.533. The van der Waals surface area contributed by atoms with Gasteiger partial charge in [-0.15, -0.1) is 0 Å². The highest BCUT2D eigenvalue weighted by Gasteiger charge is 2.45. The number of para-hydroxylation sites is 1. The number of rotatable bonds is 6. The first-order chi connectivity index (χ1) is 9.60. The van der Waals surface area contributed by atoms with Gasteiger partial charge in [-0.2, -0.15) is 0 Å². The zero-order chi connectivity index (χ0) is 14.6. The fourth-order valence-electron chi connectivity index (χ4n) is 2.88. The average molecular weight is 281 g/mol. The lowest BCUT2D eigenvalue weighted by Crippen LogP contribution is -2.51. The van der Waals surface area contributed by atoms with Crippen molar-refractivity contribution in [2.45, 2.75) is 31.7 Å². The maximum atomic E-state index is 13.4. The molecule has 0 aromatic heterocycles. The summed E-state index contributed by atoms with van der Waals surface area (Å²) < 4.78 is 18.8. The molecule has 1 N–H and O–H groups in total. The van der Waals surface area contributed by atoms with Gasteiger partial charge < -0.3 is 9.84 Å². The van der Waals surface area contributed by atoms with Crippen molar-refractivity contribution >= 4 is 5.97 Å². The number of carboxylic acids is 1. The lowest BCUT2D eigenvalue weighted by molar-refractivity contribution is -0.150. The Morgan fingerprint density at radius 2 is 2.25 bits per heavy atom. The number of hydrogen-bond donors (Lipinski definition) is 1. The Morgan fingerprint density at radius 3 is 2.90 bits per heavy atom. The number of nitrogens with zero attached hydrogens (tertiary/aromatic N) is 1. The van der Waals surface area contributed by atoms with Gasteiger partial charge in [0.15, 0.2) is 11.6 Å². The molecule has 0 radical (unpaired) electrons. The molecule has 0 aliphatic carbocycles. The summed E-state index contributed by atoms with van der Waals surface area (Å²) in [5.41, 5.74) is -0.779. The largest absolute Gasteiger partial charge is 0.489 e. The number of ether oxygens (including phenoxy) is 1. The zero-order valence-electron chi connectivity index (χ0n) is 11.6. The summed E-state index contributed by atoms with van der Waals surface area (Å²) >= 11 is 0.